The zero-order chi connectivity index (χ0) is 8.10. The lowest BCUT2D eigenvalue weighted by Crippen LogP contribution is -2.12. The fraction of sp³-hybridized carbons (Fsp3) is 0.556. The van der Waals surface area contributed by atoms with Crippen LogP contribution >= 0.6 is 0 Å². The van der Waals surface area contributed by atoms with Crippen molar-refractivity contribution in [1.82, 2.24) is 5.32 Å². The number of hydrogen-bond acceptors (Lipinski definition) is 2. The Morgan fingerprint density at radius 3 is 2.73 bits per heavy atom. The molecule has 0 bridgehead atoms. The Morgan fingerprint density at radius 2 is 2.27 bits per heavy atom. The van der Waals surface area contributed by atoms with E-state index in [1.807, 2.05) is 7.05 Å². The molecule has 0 amide bonds. The van der Waals surface area contributed by atoms with Crippen molar-refractivity contribution >= 4 is 0 Å². The van der Waals surface area contributed by atoms with E-state index in [2.05, 4.69) is 17.5 Å². The molecular formula is C9H15NO. The summed E-state index contributed by atoms with van der Waals surface area (Å²) >= 11 is 0. The molecule has 0 atom stereocenters. The van der Waals surface area contributed by atoms with E-state index < -0.39 is 0 Å². The molecule has 1 N–H and O–H groups in total. The molecule has 1 aliphatic rings. The molecule has 0 aromatic heterocycles. The number of rotatable bonds is 3. The summed E-state index contributed by atoms with van der Waals surface area (Å²) in [5.74, 6) is 1.09. The SMILES string of the molecule is CNCC1=CC=C(OC)CC1. The molecule has 0 aromatic carbocycles. The van der Waals surface area contributed by atoms with Gasteiger partial charge in [-0.05, 0) is 19.5 Å². The molecule has 0 aliphatic heterocycles. The van der Waals surface area contributed by atoms with Crippen molar-refractivity contribution in [1.29, 1.82) is 0 Å². The highest BCUT2D eigenvalue weighted by Gasteiger charge is 2.04. The van der Waals surface area contributed by atoms with E-state index in [1.165, 1.54) is 5.57 Å². The minimum atomic E-state index is 0.994. The third-order valence-corrected chi connectivity index (χ3v) is 1.86. The Hall–Kier alpha value is -0.760. The van der Waals surface area contributed by atoms with Gasteiger partial charge in [0.2, 0.25) is 0 Å². The second kappa shape index (κ2) is 4.19. The van der Waals surface area contributed by atoms with Gasteiger partial charge >= 0.3 is 0 Å². The maximum atomic E-state index is 5.11. The van der Waals surface area contributed by atoms with E-state index in [1.54, 1.807) is 7.11 Å². The molecule has 11 heavy (non-hydrogen) atoms. The minimum Gasteiger partial charge on any atom is -0.501 e. The quantitative estimate of drug-likeness (QED) is 0.662. The highest BCUT2D eigenvalue weighted by molar-refractivity contribution is 5.21. The third-order valence-electron chi connectivity index (χ3n) is 1.86. The number of nitrogens with one attached hydrogen (secondary N) is 1. The molecule has 0 heterocycles. The zero-order valence-electron chi connectivity index (χ0n) is 7.18. The van der Waals surface area contributed by atoms with Gasteiger partial charge in [-0.1, -0.05) is 11.6 Å². The minimum absolute atomic E-state index is 0.994. The van der Waals surface area contributed by atoms with Gasteiger partial charge in [-0.2, -0.15) is 0 Å². The maximum absolute atomic E-state index is 5.11. The van der Waals surface area contributed by atoms with Gasteiger partial charge in [-0.15, -0.1) is 0 Å². The Kier molecular flexibility index (Phi) is 3.17. The van der Waals surface area contributed by atoms with Crippen LogP contribution in [0.25, 0.3) is 0 Å². The summed E-state index contributed by atoms with van der Waals surface area (Å²) < 4.78 is 5.11. The number of methoxy groups -OCH3 is 1. The van der Waals surface area contributed by atoms with Gasteiger partial charge in [0.25, 0.3) is 0 Å². The van der Waals surface area contributed by atoms with E-state index >= 15 is 0 Å². The van der Waals surface area contributed by atoms with Gasteiger partial charge in [-0.3, -0.25) is 0 Å². The molecule has 62 valence electrons. The van der Waals surface area contributed by atoms with Crippen molar-refractivity contribution in [3.05, 3.63) is 23.5 Å². The predicted octanol–water partition coefficient (Wildman–Crippen LogP) is 1.46. The van der Waals surface area contributed by atoms with Gasteiger partial charge in [0.15, 0.2) is 0 Å². The van der Waals surface area contributed by atoms with Crippen LogP contribution in [0.1, 0.15) is 12.8 Å². The second-order valence-corrected chi connectivity index (χ2v) is 2.69. The summed E-state index contributed by atoms with van der Waals surface area (Å²) in [5, 5.41) is 3.13. The molecule has 1 rings (SSSR count). The van der Waals surface area contributed by atoms with E-state index in [0.717, 1.165) is 25.1 Å². The number of ether oxygens (including phenoxy) is 1. The molecule has 0 saturated carbocycles. The molecular weight excluding hydrogens is 138 g/mol. The first-order valence-corrected chi connectivity index (χ1v) is 3.94. The normalized spacial score (nSPS) is 17.3. The lowest BCUT2D eigenvalue weighted by atomic mass is 10.0. The van der Waals surface area contributed by atoms with Crippen LogP contribution in [-0.4, -0.2) is 20.7 Å². The van der Waals surface area contributed by atoms with Crippen LogP contribution in [0.15, 0.2) is 23.5 Å². The summed E-state index contributed by atoms with van der Waals surface area (Å²) in [6.45, 7) is 0.994. The summed E-state index contributed by atoms with van der Waals surface area (Å²) in [5.41, 5.74) is 1.45. The highest BCUT2D eigenvalue weighted by atomic mass is 16.5. The lowest BCUT2D eigenvalue weighted by molar-refractivity contribution is 0.275. The number of hydrogen-bond donors (Lipinski definition) is 1. The van der Waals surface area contributed by atoms with Crippen LogP contribution in [0, 0.1) is 0 Å². The summed E-state index contributed by atoms with van der Waals surface area (Å²) in [4.78, 5) is 0. The average molecular weight is 153 g/mol. The van der Waals surface area contributed by atoms with Crippen molar-refractivity contribution in [3.63, 3.8) is 0 Å². The number of likely N-dealkylation sites (N-methyl/N-ethyl adjacent to an activating group) is 1. The smallest absolute Gasteiger partial charge is 0.0958 e. The average Bonchev–Trinajstić information content (AvgIpc) is 2.07. The molecule has 0 radical (unpaired) electrons. The Balaban J connectivity index is 2.47. The van der Waals surface area contributed by atoms with Crippen molar-refractivity contribution in [2.45, 2.75) is 12.8 Å². The Labute approximate surface area is 67.9 Å². The Bertz CT molecular complexity index is 182. The monoisotopic (exact) mass is 153 g/mol. The summed E-state index contributed by atoms with van der Waals surface area (Å²) in [6.07, 6.45) is 6.36. The first kappa shape index (κ1) is 8.34. The largest absolute Gasteiger partial charge is 0.501 e. The van der Waals surface area contributed by atoms with Crippen molar-refractivity contribution < 1.29 is 4.74 Å². The fourth-order valence-corrected chi connectivity index (χ4v) is 1.21. The van der Waals surface area contributed by atoms with Crippen LogP contribution in [0.2, 0.25) is 0 Å². The fourth-order valence-electron chi connectivity index (χ4n) is 1.21. The highest BCUT2D eigenvalue weighted by Crippen LogP contribution is 2.17. The Morgan fingerprint density at radius 1 is 1.45 bits per heavy atom. The topological polar surface area (TPSA) is 21.3 Å². The van der Waals surface area contributed by atoms with Gasteiger partial charge in [0, 0.05) is 13.0 Å². The number of allylic oxidation sites excluding steroid dienone is 3. The van der Waals surface area contributed by atoms with E-state index in [4.69, 9.17) is 4.74 Å². The first-order chi connectivity index (χ1) is 5.36. The molecule has 2 heteroatoms. The summed E-state index contributed by atoms with van der Waals surface area (Å²) in [7, 11) is 3.69. The molecule has 0 aromatic rings. The van der Waals surface area contributed by atoms with Crippen LogP contribution in [0.5, 0.6) is 0 Å². The van der Waals surface area contributed by atoms with Gasteiger partial charge in [-0.25, -0.2) is 0 Å². The van der Waals surface area contributed by atoms with Crippen molar-refractivity contribution in [2.24, 2.45) is 0 Å². The summed E-state index contributed by atoms with van der Waals surface area (Å²) in [6, 6.07) is 0. The predicted molar refractivity (Wildman–Crippen MR) is 46.3 cm³/mol. The molecule has 0 saturated heterocycles. The standard InChI is InChI=1S/C9H15NO/c1-10-7-8-3-5-9(11-2)6-4-8/h3,5,10H,4,6-7H2,1-2H3. The van der Waals surface area contributed by atoms with Crippen LogP contribution in [-0.2, 0) is 4.74 Å². The van der Waals surface area contributed by atoms with E-state index in [0.29, 0.717) is 0 Å². The third kappa shape index (κ3) is 2.39. The molecule has 0 unspecified atom stereocenters. The maximum Gasteiger partial charge on any atom is 0.0958 e. The van der Waals surface area contributed by atoms with E-state index in [9.17, 15) is 0 Å². The second-order valence-electron chi connectivity index (χ2n) is 2.69. The van der Waals surface area contributed by atoms with E-state index in [-0.39, 0.29) is 0 Å². The van der Waals surface area contributed by atoms with Crippen molar-refractivity contribution in [3.8, 4) is 0 Å². The molecule has 0 fully saturated rings. The van der Waals surface area contributed by atoms with Crippen LogP contribution in [0.3, 0.4) is 0 Å². The molecule has 0 spiro atoms. The zero-order valence-corrected chi connectivity index (χ0v) is 7.18. The van der Waals surface area contributed by atoms with Crippen LogP contribution in [0.4, 0.5) is 0 Å². The first-order valence-electron chi connectivity index (χ1n) is 3.94. The van der Waals surface area contributed by atoms with Gasteiger partial charge in [0.1, 0.15) is 0 Å². The molecule has 1 aliphatic carbocycles. The van der Waals surface area contributed by atoms with Gasteiger partial charge < -0.3 is 10.1 Å². The van der Waals surface area contributed by atoms with Gasteiger partial charge in [0.05, 0.1) is 12.9 Å². The van der Waals surface area contributed by atoms with Crippen molar-refractivity contribution in [2.75, 3.05) is 20.7 Å². The molecule has 2 nitrogen and oxygen atoms in total. The van der Waals surface area contributed by atoms with Crippen LogP contribution < -0.4 is 5.32 Å². The lowest BCUT2D eigenvalue weighted by Gasteiger charge is -2.12.